The summed E-state index contributed by atoms with van der Waals surface area (Å²) < 4.78 is 19.0. The van der Waals surface area contributed by atoms with Crippen LogP contribution in [0.5, 0.6) is 0 Å². The van der Waals surface area contributed by atoms with Crippen molar-refractivity contribution in [2.75, 3.05) is 5.32 Å². The molecular weight excluding hydrogens is 323 g/mol. The zero-order chi connectivity index (χ0) is 17.8. The van der Waals surface area contributed by atoms with Gasteiger partial charge in [0.2, 0.25) is 0 Å². The summed E-state index contributed by atoms with van der Waals surface area (Å²) in [5.74, 6) is -0.776. The van der Waals surface area contributed by atoms with E-state index in [1.54, 1.807) is 40.7 Å². The third-order valence-electron chi connectivity index (χ3n) is 2.91. The van der Waals surface area contributed by atoms with Gasteiger partial charge in [-0.3, -0.25) is 0 Å². The first-order valence-electron chi connectivity index (χ1n) is 7.05. The lowest BCUT2D eigenvalue weighted by atomic mass is 10.1. The molecule has 0 bridgehead atoms. The van der Waals surface area contributed by atoms with E-state index in [4.69, 9.17) is 21.6 Å². The molecule has 8 heteroatoms. The third-order valence-corrected chi connectivity index (χ3v) is 3.20. The van der Waals surface area contributed by atoms with E-state index < -0.39 is 17.5 Å². The van der Waals surface area contributed by atoms with Gasteiger partial charge in [-0.25, -0.2) is 14.2 Å². The zero-order valence-electron chi connectivity index (χ0n) is 13.7. The van der Waals surface area contributed by atoms with Crippen molar-refractivity contribution in [3.05, 3.63) is 22.6 Å². The zero-order valence-corrected chi connectivity index (χ0v) is 14.5. The van der Waals surface area contributed by atoms with E-state index in [0.29, 0.717) is 0 Å². The molecule has 0 spiro atoms. The van der Waals surface area contributed by atoms with Crippen LogP contribution in [0.15, 0.2) is 6.07 Å². The Morgan fingerprint density at radius 3 is 2.57 bits per heavy atom. The Bertz CT molecular complexity index is 625. The van der Waals surface area contributed by atoms with Crippen molar-refractivity contribution < 1.29 is 13.9 Å². The predicted molar refractivity (Wildman–Crippen MR) is 85.8 cm³/mol. The van der Waals surface area contributed by atoms with Gasteiger partial charge in [0.1, 0.15) is 16.8 Å². The van der Waals surface area contributed by atoms with Gasteiger partial charge in [-0.1, -0.05) is 11.6 Å². The van der Waals surface area contributed by atoms with Crippen LogP contribution in [0.1, 0.15) is 40.2 Å². The van der Waals surface area contributed by atoms with Crippen molar-refractivity contribution in [1.29, 1.82) is 5.26 Å². The molecule has 6 nitrogen and oxygen atoms in total. The Kier molecular flexibility index (Phi) is 6.16. The van der Waals surface area contributed by atoms with Crippen LogP contribution >= 0.6 is 11.6 Å². The quantitative estimate of drug-likeness (QED) is 0.818. The minimum absolute atomic E-state index is 0.0395. The SMILES string of the molecule is C[C@@H](NC(=O)OC(C)(C)C)[C@@H](C)Nc1nc(Cl)c(C#N)cc1F. The fourth-order valence-electron chi connectivity index (χ4n) is 1.61. The standard InChI is InChI=1S/C15H20ClFN4O2/c1-8(9(2)20-14(22)23-15(3,4)5)19-13-11(17)6-10(7-18)12(16)21-13/h6,8-9H,1-5H3,(H,19,21)(H,20,22)/t8-,9-/m1/s1. The fraction of sp³-hybridized carbons (Fsp3) is 0.533. The lowest BCUT2D eigenvalue weighted by Crippen LogP contribution is -2.45. The number of anilines is 1. The average molecular weight is 343 g/mol. The molecule has 2 N–H and O–H groups in total. The van der Waals surface area contributed by atoms with Crippen molar-refractivity contribution in [2.45, 2.75) is 52.3 Å². The van der Waals surface area contributed by atoms with Gasteiger partial charge in [0.25, 0.3) is 0 Å². The predicted octanol–water partition coefficient (Wildman–Crippen LogP) is 3.46. The largest absolute Gasteiger partial charge is 0.444 e. The maximum absolute atomic E-state index is 13.9. The highest BCUT2D eigenvalue weighted by atomic mass is 35.5. The van der Waals surface area contributed by atoms with Crippen LogP contribution in [-0.4, -0.2) is 28.8 Å². The maximum atomic E-state index is 13.9. The number of carbonyl (C=O) groups excluding carboxylic acids is 1. The maximum Gasteiger partial charge on any atom is 0.407 e. The number of halogens is 2. The molecule has 23 heavy (non-hydrogen) atoms. The van der Waals surface area contributed by atoms with Crippen molar-refractivity contribution in [3.8, 4) is 6.07 Å². The molecule has 1 aromatic rings. The molecule has 0 aliphatic rings. The average Bonchev–Trinajstić information content (AvgIpc) is 2.39. The third kappa shape index (κ3) is 5.91. The molecule has 1 aromatic heterocycles. The molecular formula is C15H20ClFN4O2. The Labute approximate surface area is 140 Å². The summed E-state index contributed by atoms with van der Waals surface area (Å²) in [6, 6.07) is 2.05. The summed E-state index contributed by atoms with van der Waals surface area (Å²) in [6.45, 7) is 8.77. The molecule has 1 amide bonds. The highest BCUT2D eigenvalue weighted by Gasteiger charge is 2.21. The topological polar surface area (TPSA) is 87.0 Å². The van der Waals surface area contributed by atoms with E-state index in [9.17, 15) is 9.18 Å². The first-order valence-corrected chi connectivity index (χ1v) is 7.43. The first kappa shape index (κ1) is 19.0. The number of carbonyl (C=O) groups is 1. The van der Waals surface area contributed by atoms with Crippen molar-refractivity contribution >= 4 is 23.5 Å². The van der Waals surface area contributed by atoms with E-state index in [0.717, 1.165) is 6.07 Å². The highest BCUT2D eigenvalue weighted by Crippen LogP contribution is 2.20. The number of alkyl carbamates (subject to hydrolysis) is 1. The van der Waals surface area contributed by atoms with Gasteiger partial charge in [-0.05, 0) is 40.7 Å². The molecule has 0 aromatic carbocycles. The number of nitrogens with one attached hydrogen (secondary N) is 2. The van der Waals surface area contributed by atoms with Crippen molar-refractivity contribution in [2.24, 2.45) is 0 Å². The summed E-state index contributed by atoms with van der Waals surface area (Å²) in [4.78, 5) is 15.5. The van der Waals surface area contributed by atoms with Crippen molar-refractivity contribution in [1.82, 2.24) is 10.3 Å². The number of pyridine rings is 1. The van der Waals surface area contributed by atoms with Gasteiger partial charge in [-0.2, -0.15) is 5.26 Å². The Morgan fingerprint density at radius 2 is 2.04 bits per heavy atom. The van der Waals surface area contributed by atoms with Crippen LogP contribution in [0.2, 0.25) is 5.15 Å². The monoisotopic (exact) mass is 342 g/mol. The van der Waals surface area contributed by atoms with E-state index >= 15 is 0 Å². The van der Waals surface area contributed by atoms with Crippen LogP contribution < -0.4 is 10.6 Å². The fourth-order valence-corrected chi connectivity index (χ4v) is 1.79. The molecule has 0 saturated heterocycles. The smallest absolute Gasteiger partial charge is 0.407 e. The molecule has 1 rings (SSSR count). The lowest BCUT2D eigenvalue weighted by molar-refractivity contribution is 0.0504. The van der Waals surface area contributed by atoms with Crippen LogP contribution in [0.4, 0.5) is 15.0 Å². The molecule has 0 aliphatic carbocycles. The molecule has 0 radical (unpaired) electrons. The van der Waals surface area contributed by atoms with Gasteiger partial charge in [0.05, 0.1) is 5.56 Å². The second kappa shape index (κ2) is 7.47. The number of rotatable bonds is 4. The Balaban J connectivity index is 2.72. The summed E-state index contributed by atoms with van der Waals surface area (Å²) >= 11 is 5.79. The highest BCUT2D eigenvalue weighted by molar-refractivity contribution is 6.30. The van der Waals surface area contributed by atoms with Gasteiger partial charge < -0.3 is 15.4 Å². The van der Waals surface area contributed by atoms with E-state index in [2.05, 4.69) is 15.6 Å². The number of aromatic nitrogens is 1. The minimum Gasteiger partial charge on any atom is -0.444 e. The normalized spacial score (nSPS) is 13.7. The van der Waals surface area contributed by atoms with Crippen LogP contribution in [0.3, 0.4) is 0 Å². The van der Waals surface area contributed by atoms with Crippen LogP contribution in [-0.2, 0) is 4.74 Å². The number of amides is 1. The molecule has 1 heterocycles. The van der Waals surface area contributed by atoms with Crippen molar-refractivity contribution in [3.63, 3.8) is 0 Å². The number of hydrogen-bond donors (Lipinski definition) is 2. The molecule has 0 fully saturated rings. The Morgan fingerprint density at radius 1 is 1.43 bits per heavy atom. The second-order valence-corrected chi connectivity index (χ2v) is 6.49. The summed E-state index contributed by atoms with van der Waals surface area (Å²) in [5, 5.41) is 14.2. The van der Waals surface area contributed by atoms with E-state index in [1.165, 1.54) is 0 Å². The number of nitrogens with zero attached hydrogens (tertiary/aromatic N) is 2. The van der Waals surface area contributed by atoms with Gasteiger partial charge in [0, 0.05) is 12.1 Å². The van der Waals surface area contributed by atoms with Crippen LogP contribution in [0.25, 0.3) is 0 Å². The van der Waals surface area contributed by atoms with Gasteiger partial charge in [-0.15, -0.1) is 0 Å². The summed E-state index contributed by atoms with van der Waals surface area (Å²) in [5.41, 5.74) is -0.642. The van der Waals surface area contributed by atoms with Gasteiger partial charge >= 0.3 is 6.09 Å². The molecule has 2 atom stereocenters. The number of hydrogen-bond acceptors (Lipinski definition) is 5. The molecule has 0 aliphatic heterocycles. The number of ether oxygens (including phenoxy) is 1. The first-order chi connectivity index (χ1) is 10.5. The second-order valence-electron chi connectivity index (χ2n) is 6.14. The van der Waals surface area contributed by atoms with Gasteiger partial charge in [0.15, 0.2) is 11.6 Å². The summed E-state index contributed by atoms with van der Waals surface area (Å²) in [6.07, 6.45) is -0.565. The van der Waals surface area contributed by atoms with E-state index in [1.807, 2.05) is 0 Å². The van der Waals surface area contributed by atoms with Crippen LogP contribution in [0, 0.1) is 17.1 Å². The molecule has 0 saturated carbocycles. The molecule has 126 valence electrons. The Hall–Kier alpha value is -2.07. The van der Waals surface area contributed by atoms with E-state index in [-0.39, 0.29) is 28.6 Å². The molecule has 0 unspecified atom stereocenters. The number of nitriles is 1. The lowest BCUT2D eigenvalue weighted by Gasteiger charge is -2.26. The minimum atomic E-state index is -0.692. The summed E-state index contributed by atoms with van der Waals surface area (Å²) in [7, 11) is 0.